The Balaban J connectivity index is 1.62. The van der Waals surface area contributed by atoms with E-state index in [1.165, 1.54) is 10.9 Å². The third-order valence-electron chi connectivity index (χ3n) is 6.08. The number of hydrogen-bond acceptors (Lipinski definition) is 3. The molecule has 2 aliphatic rings. The second-order valence-corrected chi connectivity index (χ2v) is 7.84. The lowest BCUT2D eigenvalue weighted by atomic mass is 9.91. The van der Waals surface area contributed by atoms with Gasteiger partial charge in [-0.1, -0.05) is 24.3 Å². The molecule has 1 amide bonds. The first-order chi connectivity index (χ1) is 13.7. The van der Waals surface area contributed by atoms with Gasteiger partial charge in [0.2, 0.25) is 5.91 Å². The maximum atomic E-state index is 13.5. The fourth-order valence-electron chi connectivity index (χ4n) is 4.68. The molecule has 0 radical (unpaired) electrons. The van der Waals surface area contributed by atoms with E-state index in [0.717, 1.165) is 48.4 Å². The number of amides is 1. The Morgan fingerprint density at radius 2 is 1.96 bits per heavy atom. The largest absolute Gasteiger partial charge is 0.381 e. The molecular weight excluding hydrogens is 350 g/mol. The minimum Gasteiger partial charge on any atom is -0.381 e. The molecule has 1 N–H and O–H groups in total. The summed E-state index contributed by atoms with van der Waals surface area (Å²) in [5.41, 5.74) is 5.48. The lowest BCUT2D eigenvalue weighted by Crippen LogP contribution is -2.45. The second kappa shape index (κ2) is 7.06. The monoisotopic (exact) mass is 375 g/mol. The topological polar surface area (TPSA) is 58.2 Å². The van der Waals surface area contributed by atoms with Crippen LogP contribution in [0.5, 0.6) is 0 Å². The lowest BCUT2D eigenvalue weighted by Gasteiger charge is -2.38. The summed E-state index contributed by atoms with van der Waals surface area (Å²) in [7, 11) is 0. The molecule has 1 aromatic carbocycles. The molecule has 2 aromatic heterocycles. The average molecular weight is 375 g/mol. The van der Waals surface area contributed by atoms with Crippen LogP contribution in [0, 0.1) is 12.8 Å². The zero-order valence-corrected chi connectivity index (χ0v) is 16.1. The van der Waals surface area contributed by atoms with Gasteiger partial charge in [-0.25, -0.2) is 0 Å². The number of carbonyl (C=O) groups is 1. The third-order valence-corrected chi connectivity index (χ3v) is 6.08. The van der Waals surface area contributed by atoms with Crippen molar-refractivity contribution in [1.82, 2.24) is 14.9 Å². The number of fused-ring (bicyclic) bond motifs is 3. The van der Waals surface area contributed by atoms with Gasteiger partial charge in [0.15, 0.2) is 0 Å². The molecule has 0 bridgehead atoms. The second-order valence-electron chi connectivity index (χ2n) is 7.84. The van der Waals surface area contributed by atoms with E-state index >= 15 is 0 Å². The summed E-state index contributed by atoms with van der Waals surface area (Å²) in [5.74, 6) is 0.285. The summed E-state index contributed by atoms with van der Waals surface area (Å²) in [6.45, 7) is 4.08. The zero-order chi connectivity index (χ0) is 19.1. The van der Waals surface area contributed by atoms with Crippen molar-refractivity contribution < 1.29 is 9.53 Å². The van der Waals surface area contributed by atoms with Gasteiger partial charge in [0.25, 0.3) is 0 Å². The minimum atomic E-state index is -0.161. The number of pyridine rings is 1. The van der Waals surface area contributed by atoms with E-state index in [-0.39, 0.29) is 17.9 Å². The predicted molar refractivity (Wildman–Crippen MR) is 108 cm³/mol. The number of benzene rings is 1. The van der Waals surface area contributed by atoms with E-state index in [0.29, 0.717) is 13.2 Å². The van der Waals surface area contributed by atoms with Crippen LogP contribution in [0.1, 0.15) is 41.5 Å². The first kappa shape index (κ1) is 17.4. The van der Waals surface area contributed by atoms with Crippen molar-refractivity contribution in [3.63, 3.8) is 0 Å². The molecule has 5 nitrogen and oxygen atoms in total. The highest BCUT2D eigenvalue weighted by molar-refractivity contribution is 5.87. The highest BCUT2D eigenvalue weighted by atomic mass is 16.5. The van der Waals surface area contributed by atoms with Crippen LogP contribution in [0.2, 0.25) is 0 Å². The highest BCUT2D eigenvalue weighted by Crippen LogP contribution is 2.39. The van der Waals surface area contributed by atoms with E-state index in [2.05, 4.69) is 34.1 Å². The fraction of sp³-hybridized carbons (Fsp3) is 0.391. The van der Waals surface area contributed by atoms with Gasteiger partial charge < -0.3 is 14.6 Å². The fourth-order valence-corrected chi connectivity index (χ4v) is 4.68. The van der Waals surface area contributed by atoms with Crippen molar-refractivity contribution in [1.29, 1.82) is 0 Å². The molecule has 5 rings (SSSR count). The molecule has 4 heterocycles. The number of H-pyrrole nitrogens is 1. The van der Waals surface area contributed by atoms with Gasteiger partial charge in [-0.15, -0.1) is 0 Å². The Labute approximate surface area is 164 Å². The summed E-state index contributed by atoms with van der Waals surface area (Å²) in [5, 5.41) is 1.26. The number of aryl methyl sites for hydroxylation is 1. The predicted octanol–water partition coefficient (Wildman–Crippen LogP) is 3.77. The Kier molecular flexibility index (Phi) is 4.40. The molecule has 0 aliphatic carbocycles. The zero-order valence-electron chi connectivity index (χ0n) is 16.1. The number of nitrogens with one attached hydrogen (secondary N) is 1. The first-order valence-corrected chi connectivity index (χ1v) is 10.1. The third kappa shape index (κ3) is 2.90. The van der Waals surface area contributed by atoms with E-state index in [1.807, 2.05) is 25.1 Å². The average Bonchev–Trinajstić information content (AvgIpc) is 3.12. The summed E-state index contributed by atoms with van der Waals surface area (Å²) >= 11 is 0. The molecule has 1 fully saturated rings. The van der Waals surface area contributed by atoms with Gasteiger partial charge in [-0.05, 0) is 49.9 Å². The maximum Gasteiger partial charge on any atom is 0.226 e. The number of ether oxygens (including phenoxy) is 1. The van der Waals surface area contributed by atoms with Gasteiger partial charge in [-0.3, -0.25) is 9.78 Å². The Bertz CT molecular complexity index is 1020. The number of carbonyl (C=O) groups excluding carboxylic acids is 1. The molecule has 1 saturated heterocycles. The van der Waals surface area contributed by atoms with Gasteiger partial charge in [-0.2, -0.15) is 0 Å². The van der Waals surface area contributed by atoms with Crippen molar-refractivity contribution in [3.8, 4) is 0 Å². The minimum absolute atomic E-state index is 0.0481. The van der Waals surface area contributed by atoms with Gasteiger partial charge in [0.05, 0.1) is 5.69 Å². The molecule has 2 aliphatic heterocycles. The van der Waals surface area contributed by atoms with E-state index < -0.39 is 0 Å². The van der Waals surface area contributed by atoms with E-state index in [4.69, 9.17) is 9.72 Å². The van der Waals surface area contributed by atoms with Crippen LogP contribution < -0.4 is 0 Å². The van der Waals surface area contributed by atoms with Crippen LogP contribution in [-0.2, 0) is 16.0 Å². The molecule has 0 spiro atoms. The van der Waals surface area contributed by atoms with Gasteiger partial charge in [0.1, 0.15) is 6.04 Å². The highest BCUT2D eigenvalue weighted by Gasteiger charge is 2.38. The Hall–Kier alpha value is -2.66. The van der Waals surface area contributed by atoms with Crippen molar-refractivity contribution in [2.75, 3.05) is 19.8 Å². The molecule has 0 unspecified atom stereocenters. The quantitative estimate of drug-likeness (QED) is 0.742. The first-order valence-electron chi connectivity index (χ1n) is 10.1. The number of nitrogens with zero attached hydrogens (tertiary/aromatic N) is 2. The van der Waals surface area contributed by atoms with Crippen LogP contribution in [0.3, 0.4) is 0 Å². The standard InChI is InChI=1S/C23H25N3O2/c1-15-5-4-8-20(24-15)22-21-18(17-6-2-3-7-19(17)25-21)9-12-26(22)23(27)16-10-13-28-14-11-16/h2-8,16,22,25H,9-14H2,1H3/t22-/m1/s1. The van der Waals surface area contributed by atoms with Crippen LogP contribution >= 0.6 is 0 Å². The summed E-state index contributed by atoms with van der Waals surface area (Å²) < 4.78 is 5.47. The molecular formula is C23H25N3O2. The van der Waals surface area contributed by atoms with Crippen LogP contribution in [0.4, 0.5) is 0 Å². The molecule has 144 valence electrons. The normalized spacial score (nSPS) is 20.3. The molecule has 1 atom stereocenters. The molecule has 28 heavy (non-hydrogen) atoms. The molecule has 5 heteroatoms. The Morgan fingerprint density at radius 1 is 1.14 bits per heavy atom. The molecule has 0 saturated carbocycles. The van der Waals surface area contributed by atoms with Crippen molar-refractivity contribution in [2.45, 2.75) is 32.2 Å². The van der Waals surface area contributed by atoms with Crippen LogP contribution in [0.25, 0.3) is 10.9 Å². The SMILES string of the molecule is Cc1cccc([C@@H]2c3[nH]c4ccccc4c3CCN2C(=O)C2CCOCC2)n1. The van der Waals surface area contributed by atoms with Crippen molar-refractivity contribution in [2.24, 2.45) is 5.92 Å². The van der Waals surface area contributed by atoms with Gasteiger partial charge >= 0.3 is 0 Å². The molecule has 3 aromatic rings. The number of para-hydroxylation sites is 1. The van der Waals surface area contributed by atoms with E-state index in [9.17, 15) is 4.79 Å². The van der Waals surface area contributed by atoms with Gasteiger partial charge in [0, 0.05) is 48.0 Å². The van der Waals surface area contributed by atoms with E-state index in [1.54, 1.807) is 0 Å². The van der Waals surface area contributed by atoms with Crippen LogP contribution in [0.15, 0.2) is 42.5 Å². The summed E-state index contributed by atoms with van der Waals surface area (Å²) in [6, 6.07) is 14.3. The van der Waals surface area contributed by atoms with Crippen molar-refractivity contribution in [3.05, 3.63) is 65.1 Å². The summed E-state index contributed by atoms with van der Waals surface area (Å²) in [4.78, 5) is 23.9. The summed E-state index contributed by atoms with van der Waals surface area (Å²) in [6.07, 6.45) is 2.49. The lowest BCUT2D eigenvalue weighted by molar-refractivity contribution is -0.140. The number of hydrogen-bond donors (Lipinski definition) is 1. The number of aromatic nitrogens is 2. The number of aromatic amines is 1. The smallest absolute Gasteiger partial charge is 0.226 e. The van der Waals surface area contributed by atoms with Crippen LogP contribution in [-0.4, -0.2) is 40.5 Å². The number of rotatable bonds is 2. The Morgan fingerprint density at radius 3 is 2.79 bits per heavy atom. The van der Waals surface area contributed by atoms with Crippen molar-refractivity contribution >= 4 is 16.8 Å². The maximum absolute atomic E-state index is 13.5.